The van der Waals surface area contributed by atoms with Gasteiger partial charge in [-0.2, -0.15) is 0 Å². The van der Waals surface area contributed by atoms with E-state index in [1.54, 1.807) is 18.2 Å². The van der Waals surface area contributed by atoms with E-state index in [2.05, 4.69) is 10.3 Å². The predicted molar refractivity (Wildman–Crippen MR) is 108 cm³/mol. The number of anilines is 1. The molecule has 5 nitrogen and oxygen atoms in total. The Morgan fingerprint density at radius 2 is 2.07 bits per heavy atom. The van der Waals surface area contributed by atoms with Gasteiger partial charge in [-0.1, -0.05) is 42.1 Å². The molecule has 0 saturated heterocycles. The van der Waals surface area contributed by atoms with Crippen LogP contribution >= 0.6 is 23.1 Å². The van der Waals surface area contributed by atoms with Gasteiger partial charge in [-0.25, -0.2) is 4.98 Å². The maximum absolute atomic E-state index is 12.8. The largest absolute Gasteiger partial charge is 0.482 e. The first-order valence-electron chi connectivity index (χ1n) is 8.38. The lowest BCUT2D eigenvalue weighted by atomic mass is 10.1. The number of hydrogen-bond acceptors (Lipinski definition) is 6. The van der Waals surface area contributed by atoms with Crippen LogP contribution in [0.1, 0.15) is 17.3 Å². The maximum atomic E-state index is 12.8. The molecule has 1 N–H and O–H groups in total. The fraction of sp³-hybridized carbons (Fsp3) is 0.150. The van der Waals surface area contributed by atoms with Crippen LogP contribution in [0.4, 0.5) is 5.69 Å². The first kappa shape index (κ1) is 17.8. The quantitative estimate of drug-likeness (QED) is 0.508. The molecule has 1 aromatic heterocycles. The van der Waals surface area contributed by atoms with Gasteiger partial charge >= 0.3 is 0 Å². The van der Waals surface area contributed by atoms with Crippen LogP contribution < -0.4 is 10.1 Å². The normalized spacial score (nSPS) is 14.0. The van der Waals surface area contributed by atoms with Gasteiger partial charge in [0.05, 0.1) is 16.6 Å². The Bertz CT molecular complexity index is 1000. The minimum atomic E-state index is -0.293. The van der Waals surface area contributed by atoms with Crippen LogP contribution in [-0.4, -0.2) is 28.5 Å². The predicted octanol–water partition coefficient (Wildman–Crippen LogP) is 4.50. The summed E-state index contributed by atoms with van der Waals surface area (Å²) in [6.45, 7) is 1.87. The average Bonchev–Trinajstić information content (AvgIpc) is 3.16. The van der Waals surface area contributed by atoms with Crippen molar-refractivity contribution in [2.75, 3.05) is 11.9 Å². The topological polar surface area (TPSA) is 68.3 Å². The molecule has 27 heavy (non-hydrogen) atoms. The van der Waals surface area contributed by atoms with Crippen molar-refractivity contribution in [2.45, 2.75) is 16.5 Å². The molecule has 2 aromatic carbocycles. The second-order valence-electron chi connectivity index (χ2n) is 6.04. The number of nitrogens with one attached hydrogen (secondary N) is 1. The van der Waals surface area contributed by atoms with Crippen molar-refractivity contribution in [3.8, 4) is 17.0 Å². The lowest BCUT2D eigenvalue weighted by molar-refractivity contribution is -0.118. The molecule has 0 radical (unpaired) electrons. The van der Waals surface area contributed by atoms with Crippen LogP contribution in [0.25, 0.3) is 11.3 Å². The lowest BCUT2D eigenvalue weighted by Gasteiger charge is -2.18. The summed E-state index contributed by atoms with van der Waals surface area (Å²) in [7, 11) is 0. The number of carbonyl (C=O) groups excluding carboxylic acids is 2. The number of amides is 1. The van der Waals surface area contributed by atoms with Gasteiger partial charge in [0.25, 0.3) is 5.91 Å². The Morgan fingerprint density at radius 3 is 2.89 bits per heavy atom. The molecule has 0 aliphatic carbocycles. The van der Waals surface area contributed by atoms with E-state index in [1.807, 2.05) is 42.6 Å². The molecule has 7 heteroatoms. The Morgan fingerprint density at radius 1 is 1.26 bits per heavy atom. The van der Waals surface area contributed by atoms with Crippen LogP contribution in [0.3, 0.4) is 0 Å². The highest BCUT2D eigenvalue weighted by atomic mass is 32.2. The second kappa shape index (κ2) is 7.54. The zero-order valence-corrected chi connectivity index (χ0v) is 16.1. The number of rotatable bonds is 5. The monoisotopic (exact) mass is 396 g/mol. The highest BCUT2D eigenvalue weighted by Crippen LogP contribution is 2.33. The fourth-order valence-corrected chi connectivity index (χ4v) is 4.78. The zero-order chi connectivity index (χ0) is 18.8. The molecule has 136 valence electrons. The number of benzene rings is 2. The molecule has 4 rings (SSSR count). The summed E-state index contributed by atoms with van der Waals surface area (Å²) in [5.74, 6) is 0.351. The third-order valence-corrected chi connectivity index (χ3v) is 6.17. The van der Waals surface area contributed by atoms with Crippen LogP contribution in [0.5, 0.6) is 5.75 Å². The van der Waals surface area contributed by atoms with Gasteiger partial charge in [0.1, 0.15) is 5.75 Å². The number of nitrogens with zero attached hydrogens (tertiary/aromatic N) is 1. The van der Waals surface area contributed by atoms with Gasteiger partial charge in [-0.3, -0.25) is 9.59 Å². The highest BCUT2D eigenvalue weighted by molar-refractivity contribution is 8.02. The van der Waals surface area contributed by atoms with Crippen molar-refractivity contribution >= 4 is 40.5 Å². The standard InChI is InChI=1S/C20H16N2O3S2/c1-12(27-20-22-16(11-26-20)13-5-3-2-4-6-13)19(24)14-7-8-17-15(9-14)21-18(23)10-25-17/h2-9,11-12H,10H2,1H3,(H,21,23)/t12-/m0/s1. The van der Waals surface area contributed by atoms with Crippen LogP contribution in [-0.2, 0) is 4.79 Å². The third-order valence-electron chi connectivity index (χ3n) is 4.10. The SMILES string of the molecule is C[C@H](Sc1nc(-c2ccccc2)cs1)C(=O)c1ccc2c(c1)NC(=O)CO2. The van der Waals surface area contributed by atoms with E-state index in [9.17, 15) is 9.59 Å². The van der Waals surface area contributed by atoms with Gasteiger partial charge in [-0.15, -0.1) is 11.3 Å². The summed E-state index contributed by atoms with van der Waals surface area (Å²) >= 11 is 2.97. The molecule has 1 aliphatic heterocycles. The first-order chi connectivity index (χ1) is 13.1. The van der Waals surface area contributed by atoms with E-state index >= 15 is 0 Å². The van der Waals surface area contributed by atoms with E-state index in [0.717, 1.165) is 15.6 Å². The number of fused-ring (bicyclic) bond motifs is 1. The minimum absolute atomic E-state index is 0.000340. The summed E-state index contributed by atoms with van der Waals surface area (Å²) in [5, 5.41) is 4.44. The van der Waals surface area contributed by atoms with E-state index in [1.165, 1.54) is 23.1 Å². The Kier molecular flexibility index (Phi) is 4.96. The summed E-state index contributed by atoms with van der Waals surface area (Å²) in [6.07, 6.45) is 0. The molecule has 1 aliphatic rings. The Labute approximate surface area is 164 Å². The smallest absolute Gasteiger partial charge is 0.262 e. The highest BCUT2D eigenvalue weighted by Gasteiger charge is 2.22. The molecule has 1 atom stereocenters. The van der Waals surface area contributed by atoms with Crippen molar-refractivity contribution in [1.82, 2.24) is 4.98 Å². The summed E-state index contributed by atoms with van der Waals surface area (Å²) in [6, 6.07) is 15.1. The lowest BCUT2D eigenvalue weighted by Crippen LogP contribution is -2.25. The number of thiazole rings is 1. The van der Waals surface area contributed by atoms with Crippen molar-refractivity contribution in [3.05, 3.63) is 59.5 Å². The van der Waals surface area contributed by atoms with Gasteiger partial charge in [0.2, 0.25) is 0 Å². The van der Waals surface area contributed by atoms with Crippen LogP contribution in [0, 0.1) is 0 Å². The van der Waals surface area contributed by atoms with Crippen molar-refractivity contribution in [2.24, 2.45) is 0 Å². The number of carbonyl (C=O) groups is 2. The summed E-state index contributed by atoms with van der Waals surface area (Å²) in [5.41, 5.74) is 3.05. The number of Topliss-reactive ketones (excluding diaryl/α,β-unsaturated/α-hetero) is 1. The molecule has 0 bridgehead atoms. The molecule has 1 amide bonds. The van der Waals surface area contributed by atoms with E-state index in [-0.39, 0.29) is 23.5 Å². The molecular formula is C20H16N2O3S2. The average molecular weight is 396 g/mol. The van der Waals surface area contributed by atoms with Gasteiger partial charge < -0.3 is 10.1 Å². The number of ketones is 1. The van der Waals surface area contributed by atoms with E-state index in [4.69, 9.17) is 4.74 Å². The minimum Gasteiger partial charge on any atom is -0.482 e. The summed E-state index contributed by atoms with van der Waals surface area (Å²) in [4.78, 5) is 28.9. The van der Waals surface area contributed by atoms with Crippen molar-refractivity contribution < 1.29 is 14.3 Å². The first-order valence-corrected chi connectivity index (χ1v) is 10.1. The molecule has 0 unspecified atom stereocenters. The van der Waals surface area contributed by atoms with E-state index < -0.39 is 0 Å². The van der Waals surface area contributed by atoms with Gasteiger partial charge in [0, 0.05) is 16.5 Å². The number of ether oxygens (including phenoxy) is 1. The van der Waals surface area contributed by atoms with Gasteiger partial charge in [0.15, 0.2) is 16.7 Å². The molecule has 2 heterocycles. The molecular weight excluding hydrogens is 380 g/mol. The number of aromatic nitrogens is 1. The van der Waals surface area contributed by atoms with E-state index in [0.29, 0.717) is 17.0 Å². The van der Waals surface area contributed by atoms with Crippen molar-refractivity contribution in [3.63, 3.8) is 0 Å². The second-order valence-corrected chi connectivity index (χ2v) is 8.48. The fourth-order valence-electron chi connectivity index (χ4n) is 2.73. The third kappa shape index (κ3) is 3.89. The molecule has 0 spiro atoms. The van der Waals surface area contributed by atoms with Crippen molar-refractivity contribution in [1.29, 1.82) is 0 Å². The number of hydrogen-bond donors (Lipinski definition) is 1. The molecule has 3 aromatic rings. The summed E-state index contributed by atoms with van der Waals surface area (Å²) < 4.78 is 6.19. The van der Waals surface area contributed by atoms with Gasteiger partial charge in [-0.05, 0) is 25.1 Å². The van der Waals surface area contributed by atoms with Crippen LogP contribution in [0.15, 0.2) is 58.3 Å². The number of thioether (sulfide) groups is 1. The Hall–Kier alpha value is -2.64. The maximum Gasteiger partial charge on any atom is 0.262 e. The zero-order valence-electron chi connectivity index (χ0n) is 14.5. The van der Waals surface area contributed by atoms with Crippen LogP contribution in [0.2, 0.25) is 0 Å². The Balaban J connectivity index is 1.48. The molecule has 0 saturated carbocycles. The molecule has 0 fully saturated rings.